The van der Waals surface area contributed by atoms with Crippen LogP contribution in [0.15, 0.2) is 41.3 Å². The van der Waals surface area contributed by atoms with Gasteiger partial charge in [-0.15, -0.1) is 0 Å². The average molecular weight is 376 g/mol. The van der Waals surface area contributed by atoms with E-state index in [1.807, 2.05) is 6.07 Å². The highest BCUT2D eigenvalue weighted by Crippen LogP contribution is 2.34. The van der Waals surface area contributed by atoms with Crippen molar-refractivity contribution in [2.75, 3.05) is 6.61 Å². The van der Waals surface area contributed by atoms with E-state index < -0.39 is 32.5 Å². The second-order valence-corrected chi connectivity index (χ2v) is 6.93. The number of carbonyl (C=O) groups excluding carboxylic acids is 1. The fourth-order valence-electron chi connectivity index (χ4n) is 2.64. The zero-order valence-electron chi connectivity index (χ0n) is 13.0. The van der Waals surface area contributed by atoms with Crippen LogP contribution in [-0.4, -0.2) is 21.0 Å². The molecule has 9 heteroatoms. The van der Waals surface area contributed by atoms with Crippen LogP contribution < -0.4 is 5.14 Å². The van der Waals surface area contributed by atoms with Gasteiger partial charge in [0.1, 0.15) is 18.2 Å². The van der Waals surface area contributed by atoms with E-state index in [0.29, 0.717) is 11.1 Å². The standard InChI is InChI=1S/C17H10F2N2O4S/c18-13-5-11(6-14(19)16(13)26(21,23)24)12-8-25-17(22)15(12)10-3-1-9(7-20)2-4-10/h1-6H,8H2,(H2,21,23,24). The van der Waals surface area contributed by atoms with Gasteiger partial charge in [-0.1, -0.05) is 12.1 Å². The van der Waals surface area contributed by atoms with Crippen LogP contribution in [0.1, 0.15) is 16.7 Å². The van der Waals surface area contributed by atoms with Crippen LogP contribution in [0, 0.1) is 23.0 Å². The summed E-state index contributed by atoms with van der Waals surface area (Å²) >= 11 is 0. The Hall–Kier alpha value is -3.09. The number of halogens is 2. The highest BCUT2D eigenvalue weighted by atomic mass is 32.2. The van der Waals surface area contributed by atoms with Gasteiger partial charge in [-0.3, -0.25) is 0 Å². The Kier molecular flexibility index (Phi) is 4.31. The van der Waals surface area contributed by atoms with E-state index in [1.165, 1.54) is 24.3 Å². The van der Waals surface area contributed by atoms with Crippen LogP contribution in [0.25, 0.3) is 11.1 Å². The van der Waals surface area contributed by atoms with Crippen molar-refractivity contribution in [1.82, 2.24) is 0 Å². The molecule has 1 aliphatic rings. The summed E-state index contributed by atoms with van der Waals surface area (Å²) in [5.41, 5.74) is 1.00. The van der Waals surface area contributed by atoms with E-state index in [2.05, 4.69) is 0 Å². The number of nitrogens with two attached hydrogens (primary N) is 1. The molecule has 0 fully saturated rings. The van der Waals surface area contributed by atoms with Crippen molar-refractivity contribution in [3.63, 3.8) is 0 Å². The molecule has 2 aromatic rings. The summed E-state index contributed by atoms with van der Waals surface area (Å²) in [7, 11) is -4.58. The summed E-state index contributed by atoms with van der Waals surface area (Å²) in [5.74, 6) is -3.43. The summed E-state index contributed by atoms with van der Waals surface area (Å²) in [6, 6.07) is 9.47. The maximum Gasteiger partial charge on any atom is 0.339 e. The molecular formula is C17H10F2N2O4S. The first kappa shape index (κ1) is 17.7. The fourth-order valence-corrected chi connectivity index (χ4v) is 3.30. The van der Waals surface area contributed by atoms with E-state index in [9.17, 15) is 22.0 Å². The molecule has 26 heavy (non-hydrogen) atoms. The molecule has 0 unspecified atom stereocenters. The van der Waals surface area contributed by atoms with Gasteiger partial charge in [0.15, 0.2) is 4.90 Å². The normalized spacial score (nSPS) is 14.3. The number of primary sulfonamides is 1. The molecule has 0 saturated carbocycles. The second kappa shape index (κ2) is 6.33. The third-order valence-corrected chi connectivity index (χ3v) is 4.75. The topological polar surface area (TPSA) is 110 Å². The highest BCUT2D eigenvalue weighted by Gasteiger charge is 2.29. The quantitative estimate of drug-likeness (QED) is 0.824. The monoisotopic (exact) mass is 376 g/mol. The van der Waals surface area contributed by atoms with Crippen molar-refractivity contribution >= 4 is 27.1 Å². The lowest BCUT2D eigenvalue weighted by molar-refractivity contribution is -0.133. The van der Waals surface area contributed by atoms with Crippen LogP contribution >= 0.6 is 0 Å². The van der Waals surface area contributed by atoms with Gasteiger partial charge in [-0.25, -0.2) is 27.1 Å². The van der Waals surface area contributed by atoms with Gasteiger partial charge in [0, 0.05) is 5.57 Å². The number of sulfonamides is 1. The number of carbonyl (C=O) groups is 1. The summed E-state index contributed by atoms with van der Waals surface area (Å²) in [6.07, 6.45) is 0. The molecule has 6 nitrogen and oxygen atoms in total. The SMILES string of the molecule is N#Cc1ccc(C2=C(c3cc(F)c(S(N)(=O)=O)c(F)c3)COC2=O)cc1. The Morgan fingerprint density at radius 1 is 1.08 bits per heavy atom. The molecule has 1 aliphatic heterocycles. The smallest absolute Gasteiger partial charge is 0.339 e. The lowest BCUT2D eigenvalue weighted by Gasteiger charge is -2.08. The van der Waals surface area contributed by atoms with Crippen LogP contribution in [0.4, 0.5) is 8.78 Å². The number of cyclic esters (lactones) is 1. The Labute approximate surface area is 147 Å². The van der Waals surface area contributed by atoms with Gasteiger partial charge in [0.05, 0.1) is 17.2 Å². The molecule has 2 N–H and O–H groups in total. The first-order valence-corrected chi connectivity index (χ1v) is 8.70. The Morgan fingerprint density at radius 2 is 1.65 bits per heavy atom. The van der Waals surface area contributed by atoms with Crippen LogP contribution in [-0.2, 0) is 19.6 Å². The van der Waals surface area contributed by atoms with Crippen LogP contribution in [0.5, 0.6) is 0 Å². The molecule has 0 radical (unpaired) electrons. The molecule has 0 bridgehead atoms. The van der Waals surface area contributed by atoms with E-state index in [1.54, 1.807) is 0 Å². The van der Waals surface area contributed by atoms with Gasteiger partial charge in [0.2, 0.25) is 10.0 Å². The number of ether oxygens (including phenoxy) is 1. The Bertz CT molecular complexity index is 1080. The first-order valence-electron chi connectivity index (χ1n) is 7.15. The van der Waals surface area contributed by atoms with Gasteiger partial charge in [-0.05, 0) is 35.4 Å². The van der Waals surface area contributed by atoms with Crippen molar-refractivity contribution in [3.05, 3.63) is 64.7 Å². The minimum Gasteiger partial charge on any atom is -0.457 e. The number of nitrogens with zero attached hydrogens (tertiary/aromatic N) is 1. The molecule has 132 valence electrons. The van der Waals surface area contributed by atoms with Crippen molar-refractivity contribution in [2.24, 2.45) is 5.14 Å². The number of nitriles is 1. The third-order valence-electron chi connectivity index (χ3n) is 3.79. The summed E-state index contributed by atoms with van der Waals surface area (Å²) in [5, 5.41) is 13.6. The van der Waals surface area contributed by atoms with Gasteiger partial charge >= 0.3 is 5.97 Å². The minimum absolute atomic E-state index is 0.0439. The molecule has 3 rings (SSSR count). The number of hydrogen-bond donors (Lipinski definition) is 1. The maximum atomic E-state index is 14.1. The minimum atomic E-state index is -4.58. The molecule has 0 spiro atoms. The second-order valence-electron chi connectivity index (χ2n) is 5.43. The molecular weight excluding hydrogens is 366 g/mol. The highest BCUT2D eigenvalue weighted by molar-refractivity contribution is 7.89. The maximum absolute atomic E-state index is 14.1. The van der Waals surface area contributed by atoms with Crippen LogP contribution in [0.2, 0.25) is 0 Å². The molecule has 1 heterocycles. The van der Waals surface area contributed by atoms with Gasteiger partial charge in [-0.2, -0.15) is 5.26 Å². The number of hydrogen-bond acceptors (Lipinski definition) is 5. The van der Waals surface area contributed by atoms with E-state index in [-0.39, 0.29) is 23.3 Å². The molecule has 0 amide bonds. The van der Waals surface area contributed by atoms with E-state index >= 15 is 0 Å². The zero-order chi connectivity index (χ0) is 19.1. The molecule has 2 aromatic carbocycles. The lowest BCUT2D eigenvalue weighted by Crippen LogP contribution is -2.16. The summed E-state index contributed by atoms with van der Waals surface area (Å²) in [6.45, 7) is -0.234. The van der Waals surface area contributed by atoms with Crippen LogP contribution in [0.3, 0.4) is 0 Å². The largest absolute Gasteiger partial charge is 0.457 e. The fraction of sp³-hybridized carbons (Fsp3) is 0.0588. The number of rotatable bonds is 3. The number of esters is 1. The average Bonchev–Trinajstić information content (AvgIpc) is 2.94. The van der Waals surface area contributed by atoms with Crippen molar-refractivity contribution in [1.29, 1.82) is 5.26 Å². The first-order chi connectivity index (χ1) is 12.2. The lowest BCUT2D eigenvalue weighted by atomic mass is 9.96. The third kappa shape index (κ3) is 3.08. The summed E-state index contributed by atoms with van der Waals surface area (Å²) < 4.78 is 55.7. The van der Waals surface area contributed by atoms with E-state index in [0.717, 1.165) is 12.1 Å². The predicted molar refractivity (Wildman–Crippen MR) is 86.7 cm³/mol. The van der Waals surface area contributed by atoms with Crippen molar-refractivity contribution < 1.29 is 26.7 Å². The predicted octanol–water partition coefficient (Wildman–Crippen LogP) is 1.95. The Morgan fingerprint density at radius 3 is 2.15 bits per heavy atom. The van der Waals surface area contributed by atoms with Gasteiger partial charge in [0.25, 0.3) is 0 Å². The van der Waals surface area contributed by atoms with Gasteiger partial charge < -0.3 is 4.74 Å². The summed E-state index contributed by atoms with van der Waals surface area (Å²) in [4.78, 5) is 10.8. The molecule has 0 saturated heterocycles. The van der Waals surface area contributed by atoms with Crippen molar-refractivity contribution in [3.8, 4) is 6.07 Å². The van der Waals surface area contributed by atoms with E-state index in [4.69, 9.17) is 15.1 Å². The number of benzene rings is 2. The molecule has 0 aliphatic carbocycles. The molecule has 0 aromatic heterocycles. The van der Waals surface area contributed by atoms with Crippen molar-refractivity contribution in [2.45, 2.75) is 4.90 Å². The molecule has 0 atom stereocenters. The zero-order valence-corrected chi connectivity index (χ0v) is 13.8. The Balaban J connectivity index is 2.19.